The number of anilines is 1. The molecule has 210 valence electrons. The SMILES string of the molecule is CCOC(=O)C1=C(C)N=c2sc(=Cc3ccc(-c4ccc(Cl)cc4[N+](=O)[O-])o3)c(=O)n2C1c1ccc(N(C)C)cc1. The predicted octanol–water partition coefficient (Wildman–Crippen LogP) is 4.69. The van der Waals surface area contributed by atoms with Crippen LogP contribution in [0.15, 0.2) is 80.1 Å². The van der Waals surface area contributed by atoms with Crippen LogP contribution in [-0.2, 0) is 9.53 Å². The van der Waals surface area contributed by atoms with E-state index in [2.05, 4.69) is 4.99 Å². The Morgan fingerprint density at radius 3 is 2.61 bits per heavy atom. The fourth-order valence-electron chi connectivity index (χ4n) is 4.63. The third-order valence-corrected chi connectivity index (χ3v) is 7.78. The number of allylic oxidation sites excluding steroid dienone is 1. The summed E-state index contributed by atoms with van der Waals surface area (Å²) < 4.78 is 13.0. The van der Waals surface area contributed by atoms with Gasteiger partial charge in [0.15, 0.2) is 4.80 Å². The zero-order chi connectivity index (χ0) is 29.4. The lowest BCUT2D eigenvalue weighted by molar-refractivity contribution is -0.384. The Morgan fingerprint density at radius 2 is 1.95 bits per heavy atom. The Hall–Kier alpha value is -4.48. The number of furan rings is 1. The number of nitrogens with zero attached hydrogens (tertiary/aromatic N) is 4. The minimum absolute atomic E-state index is 0.179. The molecule has 1 atom stereocenters. The summed E-state index contributed by atoms with van der Waals surface area (Å²) in [7, 11) is 3.86. The highest BCUT2D eigenvalue weighted by molar-refractivity contribution is 7.07. The van der Waals surface area contributed by atoms with Gasteiger partial charge in [0.2, 0.25) is 0 Å². The number of esters is 1. The number of carbonyl (C=O) groups excluding carboxylic acids is 1. The van der Waals surface area contributed by atoms with E-state index in [9.17, 15) is 19.7 Å². The van der Waals surface area contributed by atoms with E-state index in [1.807, 2.05) is 43.3 Å². The Labute approximate surface area is 243 Å². The number of aromatic nitrogens is 1. The van der Waals surface area contributed by atoms with Crippen LogP contribution >= 0.6 is 22.9 Å². The molecule has 0 saturated carbocycles. The van der Waals surface area contributed by atoms with Crippen molar-refractivity contribution in [3.05, 3.63) is 112 Å². The predicted molar refractivity (Wildman–Crippen MR) is 157 cm³/mol. The van der Waals surface area contributed by atoms with Crippen LogP contribution in [0.1, 0.15) is 31.2 Å². The van der Waals surface area contributed by atoms with Crippen LogP contribution in [0.2, 0.25) is 5.02 Å². The Kier molecular flexibility index (Phi) is 7.65. The van der Waals surface area contributed by atoms with Crippen LogP contribution in [0, 0.1) is 10.1 Å². The Bertz CT molecular complexity index is 1880. The number of benzene rings is 2. The van der Waals surface area contributed by atoms with Gasteiger partial charge in [-0.05, 0) is 55.8 Å². The van der Waals surface area contributed by atoms with Crippen molar-refractivity contribution in [3.8, 4) is 11.3 Å². The molecule has 4 aromatic rings. The van der Waals surface area contributed by atoms with Gasteiger partial charge < -0.3 is 14.1 Å². The molecule has 1 aliphatic heterocycles. The summed E-state index contributed by atoms with van der Waals surface area (Å²) in [5.41, 5.74) is 2.16. The number of rotatable bonds is 7. The maximum absolute atomic E-state index is 13.8. The fourth-order valence-corrected chi connectivity index (χ4v) is 5.82. The summed E-state index contributed by atoms with van der Waals surface area (Å²) in [5.74, 6) is 0.0411. The Morgan fingerprint density at radius 1 is 1.22 bits per heavy atom. The number of thiazole rings is 1. The van der Waals surface area contributed by atoms with Gasteiger partial charge in [-0.25, -0.2) is 9.79 Å². The average Bonchev–Trinajstić information content (AvgIpc) is 3.52. The molecule has 3 heterocycles. The number of carbonyl (C=O) groups is 1. The second-order valence-electron chi connectivity index (χ2n) is 9.41. The third-order valence-electron chi connectivity index (χ3n) is 6.56. The number of hydrogen-bond donors (Lipinski definition) is 0. The van der Waals surface area contributed by atoms with Crippen molar-refractivity contribution in [1.29, 1.82) is 0 Å². The number of nitro benzene ring substituents is 1. The standard InChI is InChI=1S/C29H25ClN4O6S/c1-5-39-28(36)25-16(2)31-29-33(26(25)17-6-9-19(10-7-17)32(3)4)27(35)24(41-29)15-20-11-13-23(40-20)21-12-8-18(30)14-22(21)34(37)38/h6-15,26H,5H2,1-4H3. The van der Waals surface area contributed by atoms with E-state index in [0.29, 0.717) is 26.4 Å². The van der Waals surface area contributed by atoms with E-state index in [1.54, 1.807) is 38.1 Å². The first-order valence-corrected chi connectivity index (χ1v) is 13.8. The molecular weight excluding hydrogens is 568 g/mol. The zero-order valence-corrected chi connectivity index (χ0v) is 24.2. The molecule has 0 saturated heterocycles. The molecule has 0 N–H and O–H groups in total. The minimum atomic E-state index is -0.743. The average molecular weight is 593 g/mol. The number of ether oxygens (including phenoxy) is 1. The fraction of sp³-hybridized carbons (Fsp3) is 0.207. The second kappa shape index (κ2) is 11.2. The van der Waals surface area contributed by atoms with Gasteiger partial charge in [-0.1, -0.05) is 35.1 Å². The molecule has 0 amide bonds. The first-order chi connectivity index (χ1) is 19.6. The van der Waals surface area contributed by atoms with Crippen LogP contribution in [-0.4, -0.2) is 36.2 Å². The van der Waals surface area contributed by atoms with Crippen LogP contribution in [0.3, 0.4) is 0 Å². The van der Waals surface area contributed by atoms with Gasteiger partial charge in [-0.3, -0.25) is 19.5 Å². The summed E-state index contributed by atoms with van der Waals surface area (Å²) in [6.45, 7) is 3.63. The number of fused-ring (bicyclic) bond motifs is 1. The van der Waals surface area contributed by atoms with Crippen LogP contribution in [0.4, 0.5) is 11.4 Å². The molecule has 12 heteroatoms. The monoisotopic (exact) mass is 592 g/mol. The molecule has 1 aliphatic rings. The first kappa shape index (κ1) is 28.1. The summed E-state index contributed by atoms with van der Waals surface area (Å²) in [4.78, 5) is 44.9. The molecule has 0 aliphatic carbocycles. The lowest BCUT2D eigenvalue weighted by atomic mass is 9.95. The van der Waals surface area contributed by atoms with Gasteiger partial charge >= 0.3 is 5.97 Å². The van der Waals surface area contributed by atoms with Crippen molar-refractivity contribution in [2.45, 2.75) is 19.9 Å². The summed E-state index contributed by atoms with van der Waals surface area (Å²) in [6, 6.07) is 14.4. The number of halogens is 1. The molecule has 2 aromatic heterocycles. The topological polar surface area (TPSA) is 120 Å². The lowest BCUT2D eigenvalue weighted by Crippen LogP contribution is -2.39. The van der Waals surface area contributed by atoms with Gasteiger partial charge in [-0.2, -0.15) is 0 Å². The molecule has 0 radical (unpaired) electrons. The van der Waals surface area contributed by atoms with Gasteiger partial charge in [0.25, 0.3) is 11.2 Å². The molecule has 5 rings (SSSR count). The summed E-state index contributed by atoms with van der Waals surface area (Å²) in [5, 5.41) is 11.8. The molecule has 41 heavy (non-hydrogen) atoms. The van der Waals surface area contributed by atoms with Gasteiger partial charge in [-0.15, -0.1) is 0 Å². The van der Waals surface area contributed by atoms with E-state index >= 15 is 0 Å². The van der Waals surface area contributed by atoms with Gasteiger partial charge in [0.1, 0.15) is 11.5 Å². The van der Waals surface area contributed by atoms with E-state index in [-0.39, 0.29) is 34.2 Å². The zero-order valence-electron chi connectivity index (χ0n) is 22.6. The second-order valence-corrected chi connectivity index (χ2v) is 10.9. The molecule has 0 spiro atoms. The maximum Gasteiger partial charge on any atom is 0.338 e. The number of nitro groups is 1. The number of hydrogen-bond acceptors (Lipinski definition) is 9. The van der Waals surface area contributed by atoms with Crippen LogP contribution in [0.5, 0.6) is 0 Å². The quantitative estimate of drug-likeness (QED) is 0.173. The van der Waals surface area contributed by atoms with E-state index in [0.717, 1.165) is 22.6 Å². The highest BCUT2D eigenvalue weighted by Crippen LogP contribution is 2.34. The van der Waals surface area contributed by atoms with E-state index in [1.165, 1.54) is 16.7 Å². The summed E-state index contributed by atoms with van der Waals surface area (Å²) in [6.07, 6.45) is 1.56. The minimum Gasteiger partial charge on any atom is -0.463 e. The van der Waals surface area contributed by atoms with Crippen molar-refractivity contribution in [1.82, 2.24) is 4.57 Å². The first-order valence-electron chi connectivity index (χ1n) is 12.6. The highest BCUT2D eigenvalue weighted by Gasteiger charge is 2.33. The Balaban J connectivity index is 1.63. The van der Waals surface area contributed by atoms with E-state index in [4.69, 9.17) is 20.8 Å². The lowest BCUT2D eigenvalue weighted by Gasteiger charge is -2.25. The normalized spacial score (nSPS) is 15.0. The van der Waals surface area contributed by atoms with Crippen LogP contribution in [0.25, 0.3) is 17.4 Å². The molecular formula is C29H25ClN4O6S. The van der Waals surface area contributed by atoms with Crippen molar-refractivity contribution < 1.29 is 18.9 Å². The molecule has 10 nitrogen and oxygen atoms in total. The molecule has 1 unspecified atom stereocenters. The van der Waals surface area contributed by atoms with Crippen molar-refractivity contribution in [3.63, 3.8) is 0 Å². The third kappa shape index (κ3) is 5.33. The van der Waals surface area contributed by atoms with Crippen LogP contribution < -0.4 is 19.8 Å². The van der Waals surface area contributed by atoms with Crippen molar-refractivity contribution >= 4 is 46.4 Å². The van der Waals surface area contributed by atoms with Gasteiger partial charge in [0, 0.05) is 36.9 Å². The summed E-state index contributed by atoms with van der Waals surface area (Å²) >= 11 is 7.10. The molecule has 0 fully saturated rings. The van der Waals surface area contributed by atoms with E-state index < -0.39 is 16.9 Å². The maximum atomic E-state index is 13.8. The molecule has 2 aromatic carbocycles. The smallest absolute Gasteiger partial charge is 0.338 e. The highest BCUT2D eigenvalue weighted by atomic mass is 35.5. The van der Waals surface area contributed by atoms with Crippen molar-refractivity contribution in [2.75, 3.05) is 25.6 Å². The molecule has 0 bridgehead atoms. The largest absolute Gasteiger partial charge is 0.463 e. The van der Waals surface area contributed by atoms with Crippen molar-refractivity contribution in [2.24, 2.45) is 4.99 Å². The van der Waals surface area contributed by atoms with Gasteiger partial charge in [0.05, 0.1) is 38.9 Å².